The molecule has 0 amide bonds. The largest absolute Gasteiger partial charge is 0.481 e. The fraction of sp³-hybridized carbons (Fsp3) is 0.778. The molecule has 66 valence electrons. The Kier molecular flexibility index (Phi) is 1.12. The lowest BCUT2D eigenvalue weighted by Crippen LogP contribution is -2.53. The molecule has 0 aliphatic heterocycles. The number of rotatable bonds is 1. The maximum absolute atomic E-state index is 11.3. The maximum Gasteiger partial charge on any atom is 0.310 e. The van der Waals surface area contributed by atoms with E-state index >= 15 is 0 Å². The average molecular weight is 168 g/mol. The van der Waals surface area contributed by atoms with Gasteiger partial charge in [-0.1, -0.05) is 13.8 Å². The van der Waals surface area contributed by atoms with E-state index in [1.54, 1.807) is 0 Å². The minimum Gasteiger partial charge on any atom is -0.481 e. The molecule has 0 aromatic carbocycles. The SMILES string of the molecule is CC1(C)C2CC1(C(=O)O)CC2=O. The summed E-state index contributed by atoms with van der Waals surface area (Å²) in [5.41, 5.74) is -1.04. The smallest absolute Gasteiger partial charge is 0.310 e. The van der Waals surface area contributed by atoms with Crippen molar-refractivity contribution < 1.29 is 14.7 Å². The molecular formula is C9H12O3. The second-order valence-electron chi connectivity index (χ2n) is 4.51. The molecule has 3 heteroatoms. The van der Waals surface area contributed by atoms with Crippen molar-refractivity contribution in [1.82, 2.24) is 0 Å². The molecule has 2 unspecified atom stereocenters. The van der Waals surface area contributed by atoms with E-state index in [1.807, 2.05) is 13.8 Å². The van der Waals surface area contributed by atoms with Crippen LogP contribution in [0.1, 0.15) is 26.7 Å². The first kappa shape index (κ1) is 7.77. The average Bonchev–Trinajstić information content (AvgIpc) is 2.38. The van der Waals surface area contributed by atoms with Crippen molar-refractivity contribution in [2.75, 3.05) is 0 Å². The number of carboxylic acid groups (broad SMARTS) is 1. The zero-order chi connectivity index (χ0) is 9.15. The Labute approximate surface area is 70.8 Å². The van der Waals surface area contributed by atoms with Gasteiger partial charge in [0, 0.05) is 12.3 Å². The second-order valence-corrected chi connectivity index (χ2v) is 4.51. The Morgan fingerprint density at radius 2 is 2.17 bits per heavy atom. The summed E-state index contributed by atoms with van der Waals surface area (Å²) >= 11 is 0. The summed E-state index contributed by atoms with van der Waals surface area (Å²) in [6, 6.07) is 0. The number of fused-ring (bicyclic) bond motifs is 1. The Morgan fingerprint density at radius 1 is 1.58 bits per heavy atom. The second kappa shape index (κ2) is 1.73. The van der Waals surface area contributed by atoms with Gasteiger partial charge in [-0.3, -0.25) is 9.59 Å². The molecule has 0 radical (unpaired) electrons. The van der Waals surface area contributed by atoms with Gasteiger partial charge >= 0.3 is 5.97 Å². The first-order valence-electron chi connectivity index (χ1n) is 4.18. The molecule has 0 aromatic rings. The topological polar surface area (TPSA) is 54.4 Å². The number of aliphatic carboxylic acids is 1. The summed E-state index contributed by atoms with van der Waals surface area (Å²) in [6.07, 6.45) is 0.814. The summed E-state index contributed by atoms with van der Waals surface area (Å²) < 4.78 is 0. The van der Waals surface area contributed by atoms with Crippen LogP contribution >= 0.6 is 0 Å². The first-order chi connectivity index (χ1) is 5.42. The highest BCUT2D eigenvalue weighted by Crippen LogP contribution is 2.68. The van der Waals surface area contributed by atoms with Gasteiger partial charge in [0.25, 0.3) is 0 Å². The van der Waals surface area contributed by atoms with Crippen LogP contribution in [-0.2, 0) is 9.59 Å². The number of ketones is 1. The van der Waals surface area contributed by atoms with E-state index in [0.717, 1.165) is 0 Å². The normalized spacial score (nSPS) is 42.5. The number of carboxylic acids is 1. The van der Waals surface area contributed by atoms with Crippen molar-refractivity contribution in [3.05, 3.63) is 0 Å². The molecule has 3 saturated carbocycles. The zero-order valence-corrected chi connectivity index (χ0v) is 7.26. The molecule has 0 heterocycles. The van der Waals surface area contributed by atoms with Crippen molar-refractivity contribution in [3.63, 3.8) is 0 Å². The lowest BCUT2D eigenvalue weighted by atomic mass is 9.51. The number of carbonyl (C=O) groups excluding carboxylic acids is 1. The van der Waals surface area contributed by atoms with Crippen LogP contribution in [-0.4, -0.2) is 16.9 Å². The Morgan fingerprint density at radius 3 is 2.33 bits per heavy atom. The van der Waals surface area contributed by atoms with Gasteiger partial charge in [0.15, 0.2) is 0 Å². The predicted molar refractivity (Wildman–Crippen MR) is 41.6 cm³/mol. The number of hydrogen-bond donors (Lipinski definition) is 1. The summed E-state index contributed by atoms with van der Waals surface area (Å²) in [4.78, 5) is 22.2. The number of Topliss-reactive ketones (excluding diaryl/α,β-unsaturated/α-hetero) is 1. The van der Waals surface area contributed by atoms with E-state index in [1.165, 1.54) is 0 Å². The molecule has 0 spiro atoms. The summed E-state index contributed by atoms with van der Waals surface area (Å²) in [7, 11) is 0. The Hall–Kier alpha value is -0.860. The lowest BCUT2D eigenvalue weighted by molar-refractivity contribution is -0.170. The monoisotopic (exact) mass is 168 g/mol. The molecule has 0 aromatic heterocycles. The summed E-state index contributed by atoms with van der Waals surface area (Å²) in [5, 5.41) is 9.01. The van der Waals surface area contributed by atoms with Crippen LogP contribution in [0.25, 0.3) is 0 Å². The minimum absolute atomic E-state index is 0.00796. The fourth-order valence-electron chi connectivity index (χ4n) is 2.74. The third kappa shape index (κ3) is 0.520. The van der Waals surface area contributed by atoms with Crippen molar-refractivity contribution in [2.45, 2.75) is 26.7 Å². The predicted octanol–water partition coefficient (Wildman–Crippen LogP) is 1.08. The number of hydrogen-bond acceptors (Lipinski definition) is 2. The highest BCUT2D eigenvalue weighted by Gasteiger charge is 2.72. The van der Waals surface area contributed by atoms with Gasteiger partial charge < -0.3 is 5.11 Å². The molecule has 3 aliphatic rings. The lowest BCUT2D eigenvalue weighted by Gasteiger charge is -2.50. The van der Waals surface area contributed by atoms with Crippen LogP contribution in [0.3, 0.4) is 0 Å². The Bertz CT molecular complexity index is 279. The first-order valence-corrected chi connectivity index (χ1v) is 4.18. The van der Waals surface area contributed by atoms with Crippen LogP contribution < -0.4 is 0 Å². The van der Waals surface area contributed by atoms with E-state index in [0.29, 0.717) is 6.42 Å². The van der Waals surface area contributed by atoms with Gasteiger partial charge in [0.1, 0.15) is 5.78 Å². The molecule has 2 atom stereocenters. The van der Waals surface area contributed by atoms with E-state index in [4.69, 9.17) is 5.11 Å². The fourth-order valence-corrected chi connectivity index (χ4v) is 2.74. The molecular weight excluding hydrogens is 156 g/mol. The van der Waals surface area contributed by atoms with Crippen LogP contribution in [0.15, 0.2) is 0 Å². The maximum atomic E-state index is 11.3. The Balaban J connectivity index is 2.43. The summed E-state index contributed by atoms with van der Waals surface area (Å²) in [5.74, 6) is -0.648. The van der Waals surface area contributed by atoms with Gasteiger partial charge in [0.2, 0.25) is 0 Å². The summed E-state index contributed by atoms with van der Waals surface area (Å²) in [6.45, 7) is 3.78. The molecule has 2 bridgehead atoms. The van der Waals surface area contributed by atoms with Gasteiger partial charge in [0.05, 0.1) is 5.41 Å². The highest BCUT2D eigenvalue weighted by atomic mass is 16.4. The van der Waals surface area contributed by atoms with Crippen molar-refractivity contribution in [2.24, 2.45) is 16.7 Å². The quantitative estimate of drug-likeness (QED) is 0.637. The zero-order valence-electron chi connectivity index (χ0n) is 7.26. The van der Waals surface area contributed by atoms with Gasteiger partial charge in [-0.15, -0.1) is 0 Å². The minimum atomic E-state index is -0.797. The highest BCUT2D eigenvalue weighted by molar-refractivity contribution is 5.97. The van der Waals surface area contributed by atoms with Gasteiger partial charge in [-0.05, 0) is 11.8 Å². The molecule has 3 aliphatic carbocycles. The van der Waals surface area contributed by atoms with Crippen LogP contribution in [0.4, 0.5) is 0 Å². The third-order valence-corrected chi connectivity index (χ3v) is 3.93. The van der Waals surface area contributed by atoms with Crippen molar-refractivity contribution >= 4 is 11.8 Å². The van der Waals surface area contributed by atoms with Crippen molar-refractivity contribution in [3.8, 4) is 0 Å². The van der Waals surface area contributed by atoms with Crippen molar-refractivity contribution in [1.29, 1.82) is 0 Å². The van der Waals surface area contributed by atoms with Gasteiger partial charge in [-0.2, -0.15) is 0 Å². The third-order valence-electron chi connectivity index (χ3n) is 3.93. The molecule has 3 fully saturated rings. The van der Waals surface area contributed by atoms with Crippen LogP contribution in [0.2, 0.25) is 0 Å². The van der Waals surface area contributed by atoms with Crippen LogP contribution in [0, 0.1) is 16.7 Å². The molecule has 0 saturated heterocycles. The van der Waals surface area contributed by atoms with Gasteiger partial charge in [-0.25, -0.2) is 0 Å². The van der Waals surface area contributed by atoms with E-state index in [9.17, 15) is 9.59 Å². The van der Waals surface area contributed by atoms with Crippen LogP contribution in [0.5, 0.6) is 0 Å². The molecule has 3 rings (SSSR count). The van der Waals surface area contributed by atoms with E-state index < -0.39 is 11.4 Å². The van der Waals surface area contributed by atoms with E-state index in [-0.39, 0.29) is 23.5 Å². The van der Waals surface area contributed by atoms with E-state index in [2.05, 4.69) is 0 Å². The number of carbonyl (C=O) groups is 2. The molecule has 12 heavy (non-hydrogen) atoms. The standard InChI is InChI=1S/C9H12O3/c1-8(2)5-3-9(8,7(11)12)4-6(5)10/h5H,3-4H2,1-2H3,(H,11,12). The molecule has 1 N–H and O–H groups in total. The molecule has 3 nitrogen and oxygen atoms in total.